The van der Waals surface area contributed by atoms with Crippen LogP contribution >= 0.6 is 0 Å². The van der Waals surface area contributed by atoms with E-state index in [1.807, 2.05) is 0 Å². The molecular formula is C27H25F15O6. The third kappa shape index (κ3) is 7.83. The third-order valence-corrected chi connectivity index (χ3v) is 6.64. The first-order valence-corrected chi connectivity index (χ1v) is 13.1. The molecule has 0 saturated heterocycles. The van der Waals surface area contributed by atoms with Crippen LogP contribution in [0.3, 0.4) is 0 Å². The molecule has 2 aromatic carbocycles. The Morgan fingerprint density at radius 1 is 0.542 bits per heavy atom. The van der Waals surface area contributed by atoms with Gasteiger partial charge in [-0.05, 0) is 47.4 Å². The van der Waals surface area contributed by atoms with Crippen molar-refractivity contribution in [1.82, 2.24) is 0 Å². The second kappa shape index (κ2) is 14.4. The molecule has 4 N–H and O–H groups in total. The maximum absolute atomic E-state index is 14.6. The highest BCUT2D eigenvalue weighted by atomic mass is 19.4. The number of ether oxygens (including phenoxy) is 2. The molecule has 0 aliphatic rings. The standard InChI is InChI=1S/C27H25F15O6/c28-21(29,22(30,31)23(32,33)24(34,35)25(36,37)26(38,39)27(40,41)42)8-7-16-9-15(3-6-20(16)48-13-18(46)11-44)14-1-4-19(5-2-14)47-12-17(45)10-43/h1-6,9,17-18,43-46H,7-8,10-13H2. The number of aliphatic hydroxyl groups excluding tert-OH is 4. The zero-order chi connectivity index (χ0) is 37.1. The quantitative estimate of drug-likeness (QED) is 0.147. The summed E-state index contributed by atoms with van der Waals surface area (Å²) in [6.45, 7) is -2.66. The van der Waals surface area contributed by atoms with Gasteiger partial charge in [-0.15, -0.1) is 0 Å². The van der Waals surface area contributed by atoms with Crippen molar-refractivity contribution in [2.24, 2.45) is 0 Å². The zero-order valence-corrected chi connectivity index (χ0v) is 23.7. The van der Waals surface area contributed by atoms with E-state index in [1.165, 1.54) is 30.3 Å². The second-order valence-corrected chi connectivity index (χ2v) is 10.2. The van der Waals surface area contributed by atoms with E-state index in [9.17, 15) is 76.1 Å². The van der Waals surface area contributed by atoms with Gasteiger partial charge in [0.25, 0.3) is 0 Å². The monoisotopic (exact) mass is 730 g/mol. The predicted octanol–water partition coefficient (Wildman–Crippen LogP) is 6.12. The van der Waals surface area contributed by atoms with E-state index < -0.39 is 97.9 Å². The highest BCUT2D eigenvalue weighted by molar-refractivity contribution is 5.66. The first kappa shape index (κ1) is 41.0. The lowest BCUT2D eigenvalue weighted by Crippen LogP contribution is -2.72. The van der Waals surface area contributed by atoms with Crippen LogP contribution in [0.25, 0.3) is 11.1 Å². The number of aryl methyl sites for hydroxylation is 1. The summed E-state index contributed by atoms with van der Waals surface area (Å²) in [5, 5.41) is 36.6. The Bertz CT molecular complexity index is 1350. The number of hydrogen-bond acceptors (Lipinski definition) is 6. The highest BCUT2D eigenvalue weighted by Crippen LogP contribution is 2.62. The number of rotatable bonds is 17. The van der Waals surface area contributed by atoms with E-state index in [4.69, 9.17) is 19.7 Å². The Labute approximate surface area is 260 Å². The summed E-state index contributed by atoms with van der Waals surface area (Å²) in [4.78, 5) is 0. The predicted molar refractivity (Wildman–Crippen MR) is 133 cm³/mol. The van der Waals surface area contributed by atoms with Crippen molar-refractivity contribution >= 4 is 0 Å². The highest BCUT2D eigenvalue weighted by Gasteiger charge is 2.93. The molecule has 0 aromatic heterocycles. The zero-order valence-electron chi connectivity index (χ0n) is 23.7. The average molecular weight is 730 g/mol. The molecule has 2 atom stereocenters. The van der Waals surface area contributed by atoms with E-state index in [2.05, 4.69) is 0 Å². The van der Waals surface area contributed by atoms with Crippen molar-refractivity contribution < 1.29 is 95.8 Å². The minimum atomic E-state index is -8.40. The van der Waals surface area contributed by atoms with Crippen molar-refractivity contribution in [2.75, 3.05) is 26.4 Å². The van der Waals surface area contributed by atoms with Gasteiger partial charge in [0.2, 0.25) is 0 Å². The molecule has 6 nitrogen and oxygen atoms in total. The van der Waals surface area contributed by atoms with Crippen LogP contribution < -0.4 is 9.47 Å². The maximum atomic E-state index is 14.6. The normalized spacial score (nSPS) is 15.3. The van der Waals surface area contributed by atoms with Gasteiger partial charge in [0.05, 0.1) is 13.2 Å². The summed E-state index contributed by atoms with van der Waals surface area (Å²) < 4.78 is 214. The van der Waals surface area contributed by atoms with E-state index >= 15 is 0 Å². The van der Waals surface area contributed by atoms with Crippen LogP contribution in [0, 0.1) is 0 Å². The number of benzene rings is 2. The molecule has 2 aromatic rings. The third-order valence-electron chi connectivity index (χ3n) is 6.64. The van der Waals surface area contributed by atoms with Gasteiger partial charge in [-0.3, -0.25) is 0 Å². The molecule has 0 heterocycles. The lowest BCUT2D eigenvalue weighted by molar-refractivity contribution is -0.452. The molecule has 0 amide bonds. The number of hydrogen-bond donors (Lipinski definition) is 4. The van der Waals surface area contributed by atoms with Crippen molar-refractivity contribution in [3.8, 4) is 22.6 Å². The largest absolute Gasteiger partial charge is 0.491 e. The fourth-order valence-electron chi connectivity index (χ4n) is 3.77. The molecule has 0 spiro atoms. The summed E-state index contributed by atoms with van der Waals surface area (Å²) in [5.74, 6) is -47.6. The van der Waals surface area contributed by atoms with Gasteiger partial charge in [-0.2, -0.15) is 65.9 Å². The Morgan fingerprint density at radius 2 is 0.979 bits per heavy atom. The van der Waals surface area contributed by atoms with Crippen molar-refractivity contribution in [1.29, 1.82) is 0 Å². The summed E-state index contributed by atoms with van der Waals surface area (Å²) >= 11 is 0. The van der Waals surface area contributed by atoms with Gasteiger partial charge < -0.3 is 29.9 Å². The summed E-state index contributed by atoms with van der Waals surface area (Å²) in [5.41, 5.74) is -0.351. The van der Waals surface area contributed by atoms with Gasteiger partial charge in [0.1, 0.15) is 36.9 Å². The smallest absolute Gasteiger partial charge is 0.460 e. The lowest BCUT2D eigenvalue weighted by Gasteiger charge is -2.41. The second-order valence-electron chi connectivity index (χ2n) is 10.2. The molecule has 2 unspecified atom stereocenters. The van der Waals surface area contributed by atoms with E-state index in [0.29, 0.717) is 0 Å². The van der Waals surface area contributed by atoms with E-state index in [0.717, 1.165) is 12.1 Å². The van der Waals surface area contributed by atoms with E-state index in [1.54, 1.807) is 0 Å². The van der Waals surface area contributed by atoms with Gasteiger partial charge in [-0.1, -0.05) is 18.2 Å². The average Bonchev–Trinajstić information content (AvgIpc) is 3.00. The van der Waals surface area contributed by atoms with Crippen molar-refractivity contribution in [2.45, 2.75) is 66.8 Å². The van der Waals surface area contributed by atoms with Crippen LogP contribution in [0.2, 0.25) is 0 Å². The lowest BCUT2D eigenvalue weighted by atomic mass is 9.89. The Morgan fingerprint density at radius 3 is 1.46 bits per heavy atom. The molecule has 48 heavy (non-hydrogen) atoms. The maximum Gasteiger partial charge on any atom is 0.460 e. The molecule has 2 rings (SSSR count). The van der Waals surface area contributed by atoms with E-state index in [-0.39, 0.29) is 23.5 Å². The van der Waals surface area contributed by atoms with Crippen LogP contribution in [-0.2, 0) is 6.42 Å². The first-order chi connectivity index (χ1) is 21.7. The SMILES string of the molecule is OCC(O)COc1ccc(-c2ccc(OCC(O)CO)c(CCC(F)(F)C(F)(F)C(F)(F)C(F)(F)C(F)(F)C(F)(F)C(F)(F)F)c2)cc1. The minimum absolute atomic E-state index is 0.0444. The molecule has 0 bridgehead atoms. The molecule has 0 radical (unpaired) electrons. The summed E-state index contributed by atoms with van der Waals surface area (Å²) in [6, 6.07) is 8.32. The topological polar surface area (TPSA) is 99.4 Å². The van der Waals surface area contributed by atoms with Crippen LogP contribution in [-0.4, -0.2) is 101 Å². The molecule has 0 saturated carbocycles. The van der Waals surface area contributed by atoms with Gasteiger partial charge in [0.15, 0.2) is 0 Å². The Kier molecular flexibility index (Phi) is 12.3. The van der Waals surface area contributed by atoms with Crippen LogP contribution in [0.15, 0.2) is 42.5 Å². The summed E-state index contributed by atoms with van der Waals surface area (Å²) in [7, 11) is 0. The fraction of sp³-hybridized carbons (Fsp3) is 0.556. The van der Waals surface area contributed by atoms with Crippen molar-refractivity contribution in [3.05, 3.63) is 48.0 Å². The van der Waals surface area contributed by atoms with Gasteiger partial charge in [-0.25, -0.2) is 0 Å². The molecule has 0 aliphatic carbocycles. The van der Waals surface area contributed by atoms with Crippen LogP contribution in [0.5, 0.6) is 11.5 Å². The minimum Gasteiger partial charge on any atom is -0.491 e. The molecular weight excluding hydrogens is 705 g/mol. The summed E-state index contributed by atoms with van der Waals surface area (Å²) in [6.07, 6.45) is -14.7. The molecule has 21 heteroatoms. The number of halogens is 15. The fourth-order valence-corrected chi connectivity index (χ4v) is 3.77. The van der Waals surface area contributed by atoms with Crippen LogP contribution in [0.4, 0.5) is 65.9 Å². The Balaban J connectivity index is 2.47. The number of alkyl halides is 15. The molecule has 0 fully saturated rings. The Hall–Kier alpha value is -3.17. The van der Waals surface area contributed by atoms with Gasteiger partial charge >= 0.3 is 41.7 Å². The first-order valence-electron chi connectivity index (χ1n) is 13.1. The molecule has 274 valence electrons. The van der Waals surface area contributed by atoms with Crippen LogP contribution in [0.1, 0.15) is 12.0 Å². The van der Waals surface area contributed by atoms with Crippen molar-refractivity contribution in [3.63, 3.8) is 0 Å². The molecule has 0 aliphatic heterocycles. The number of aliphatic hydroxyl groups is 4. The van der Waals surface area contributed by atoms with Gasteiger partial charge in [0, 0.05) is 6.42 Å².